The van der Waals surface area contributed by atoms with Crippen molar-refractivity contribution in [1.29, 1.82) is 0 Å². The predicted octanol–water partition coefficient (Wildman–Crippen LogP) is 2.52. The second kappa shape index (κ2) is 5.06. The molecule has 3 fully saturated rings. The van der Waals surface area contributed by atoms with Crippen LogP contribution in [-0.4, -0.2) is 35.2 Å². The lowest BCUT2D eigenvalue weighted by atomic mass is 9.53. The number of fused-ring (bicyclic) bond motifs is 1. The number of hydrogen-bond donors (Lipinski definition) is 0. The minimum atomic E-state index is -0.602. The lowest BCUT2D eigenvalue weighted by Crippen LogP contribution is -2.70. The Kier molecular flexibility index (Phi) is 3.07. The van der Waals surface area contributed by atoms with Crippen LogP contribution in [0.2, 0.25) is 0 Å². The van der Waals surface area contributed by atoms with Crippen LogP contribution in [0.1, 0.15) is 32.6 Å². The van der Waals surface area contributed by atoms with Gasteiger partial charge in [-0.15, -0.1) is 0 Å². The summed E-state index contributed by atoms with van der Waals surface area (Å²) in [6, 6.07) is 9.11. The highest BCUT2D eigenvalue weighted by molar-refractivity contribution is 6.24. The van der Waals surface area contributed by atoms with Crippen molar-refractivity contribution in [2.45, 2.75) is 38.1 Å². The number of amides is 3. The van der Waals surface area contributed by atoms with Gasteiger partial charge in [-0.3, -0.25) is 14.4 Å². The van der Waals surface area contributed by atoms with Crippen LogP contribution in [0.3, 0.4) is 0 Å². The van der Waals surface area contributed by atoms with Gasteiger partial charge in [0.05, 0.1) is 29.0 Å². The fraction of sp³-hybridized carbons (Fsp3) is 0.476. The van der Waals surface area contributed by atoms with E-state index < -0.39 is 23.3 Å². The summed E-state index contributed by atoms with van der Waals surface area (Å²) in [6.45, 7) is 2.00. The Labute approximate surface area is 152 Å². The van der Waals surface area contributed by atoms with E-state index in [2.05, 4.69) is 0 Å². The van der Waals surface area contributed by atoms with Crippen molar-refractivity contribution in [3.8, 4) is 0 Å². The van der Waals surface area contributed by atoms with Gasteiger partial charge >= 0.3 is 0 Å². The molecule has 1 aromatic carbocycles. The van der Waals surface area contributed by atoms with Crippen molar-refractivity contribution < 1.29 is 14.4 Å². The molecule has 1 saturated carbocycles. The Hall–Kier alpha value is -2.43. The van der Waals surface area contributed by atoms with E-state index in [1.165, 1.54) is 10.5 Å². The van der Waals surface area contributed by atoms with Crippen LogP contribution in [-0.2, 0) is 14.4 Å². The zero-order valence-electron chi connectivity index (χ0n) is 15.1. The second-order valence-electron chi connectivity index (χ2n) is 8.02. The molecule has 0 radical (unpaired) electrons. The third-order valence-electron chi connectivity index (χ3n) is 7.13. The summed E-state index contributed by atoms with van der Waals surface area (Å²) in [6.07, 6.45) is 3.77. The van der Waals surface area contributed by atoms with E-state index in [0.717, 1.165) is 31.3 Å². The average Bonchev–Trinajstić information content (AvgIpc) is 2.92. The number of imide groups is 1. The number of nitrogens with zero attached hydrogens (tertiary/aromatic N) is 2. The van der Waals surface area contributed by atoms with Crippen LogP contribution in [0.4, 0.5) is 5.69 Å². The summed E-state index contributed by atoms with van der Waals surface area (Å²) in [7, 11) is 1.83. The monoisotopic (exact) mass is 350 g/mol. The molecule has 2 aliphatic carbocycles. The maximum atomic E-state index is 13.5. The molecule has 2 saturated heterocycles. The van der Waals surface area contributed by atoms with Gasteiger partial charge in [-0.05, 0) is 43.9 Å². The molecule has 0 unspecified atom stereocenters. The number of hydrogen-bond acceptors (Lipinski definition) is 3. The number of carbonyl (C=O) groups is 3. The summed E-state index contributed by atoms with van der Waals surface area (Å²) in [4.78, 5) is 43.0. The number of likely N-dealkylation sites (N-methyl/N-ethyl adjacent to an activating group) is 1. The molecular formula is C21H22N2O3. The first kappa shape index (κ1) is 15.8. The number of piperidine rings is 1. The molecule has 3 heterocycles. The number of para-hydroxylation sites is 1. The first-order valence-electron chi connectivity index (χ1n) is 9.41. The van der Waals surface area contributed by atoms with Gasteiger partial charge in [0, 0.05) is 7.05 Å². The van der Waals surface area contributed by atoms with Gasteiger partial charge < -0.3 is 4.90 Å². The number of anilines is 1. The van der Waals surface area contributed by atoms with Crippen molar-refractivity contribution >= 4 is 23.4 Å². The molecule has 2 bridgehead atoms. The Morgan fingerprint density at radius 2 is 1.73 bits per heavy atom. The van der Waals surface area contributed by atoms with Gasteiger partial charge in [-0.2, -0.15) is 0 Å². The quantitative estimate of drug-likeness (QED) is 0.578. The third kappa shape index (κ3) is 1.60. The molecule has 3 aliphatic heterocycles. The fourth-order valence-corrected chi connectivity index (χ4v) is 6.09. The molecule has 26 heavy (non-hydrogen) atoms. The SMILES string of the molecule is CC1=C2CCCC[C@@]23[C@@H]2C(=O)N(c4ccccc4)C(=O)[C@H]2[C@H]1C(=O)N3C. The molecular weight excluding hydrogens is 328 g/mol. The summed E-state index contributed by atoms with van der Waals surface area (Å²) < 4.78 is 0. The molecule has 0 aromatic heterocycles. The standard InChI is InChI=1S/C21H22N2O3/c1-12-14-10-6-7-11-21(14)17-16(15(12)18(24)22(21)2)19(25)23(20(17)26)13-8-4-3-5-9-13/h3-5,8-9,15-17H,6-7,10-11H2,1-2H3/t15-,16-,17-,21-/m0/s1. The number of benzene rings is 1. The lowest BCUT2D eigenvalue weighted by Gasteiger charge is -2.60. The summed E-state index contributed by atoms with van der Waals surface area (Å²) in [5, 5.41) is 0. The molecule has 4 atom stereocenters. The number of rotatable bonds is 1. The van der Waals surface area contributed by atoms with Crippen LogP contribution >= 0.6 is 0 Å². The molecule has 0 N–H and O–H groups in total. The Balaban J connectivity index is 1.72. The van der Waals surface area contributed by atoms with Crippen molar-refractivity contribution in [1.82, 2.24) is 4.90 Å². The van der Waals surface area contributed by atoms with Crippen molar-refractivity contribution in [3.63, 3.8) is 0 Å². The Morgan fingerprint density at radius 3 is 2.46 bits per heavy atom. The van der Waals surface area contributed by atoms with Crippen LogP contribution < -0.4 is 4.90 Å². The summed E-state index contributed by atoms with van der Waals surface area (Å²) in [5.41, 5.74) is 2.30. The first-order chi connectivity index (χ1) is 12.5. The van der Waals surface area contributed by atoms with Crippen LogP contribution in [0.5, 0.6) is 0 Å². The van der Waals surface area contributed by atoms with Gasteiger partial charge in [0.25, 0.3) is 0 Å². The summed E-state index contributed by atoms with van der Waals surface area (Å²) >= 11 is 0. The van der Waals surface area contributed by atoms with Gasteiger partial charge in [0.15, 0.2) is 0 Å². The van der Waals surface area contributed by atoms with Gasteiger partial charge in [0.2, 0.25) is 17.7 Å². The largest absolute Gasteiger partial charge is 0.335 e. The maximum absolute atomic E-state index is 13.5. The average molecular weight is 350 g/mol. The van der Waals surface area contributed by atoms with Crippen molar-refractivity contribution in [2.75, 3.05) is 11.9 Å². The normalized spacial score (nSPS) is 35.9. The van der Waals surface area contributed by atoms with Crippen LogP contribution in [0, 0.1) is 17.8 Å². The zero-order chi connectivity index (χ0) is 18.2. The topological polar surface area (TPSA) is 57.7 Å². The Bertz CT molecular complexity index is 875. The van der Waals surface area contributed by atoms with E-state index in [4.69, 9.17) is 0 Å². The van der Waals surface area contributed by atoms with Gasteiger partial charge in [0.1, 0.15) is 0 Å². The van der Waals surface area contributed by atoms with E-state index in [1.807, 2.05) is 32.2 Å². The molecule has 5 aliphatic rings. The minimum absolute atomic E-state index is 0.00506. The van der Waals surface area contributed by atoms with Crippen molar-refractivity contribution in [3.05, 3.63) is 41.5 Å². The highest BCUT2D eigenvalue weighted by Gasteiger charge is 2.71. The lowest BCUT2D eigenvalue weighted by molar-refractivity contribution is -0.160. The second-order valence-corrected chi connectivity index (χ2v) is 8.02. The van der Waals surface area contributed by atoms with E-state index in [9.17, 15) is 14.4 Å². The smallest absolute Gasteiger partial charge is 0.240 e. The van der Waals surface area contributed by atoms with Gasteiger partial charge in [-0.25, -0.2) is 4.90 Å². The maximum Gasteiger partial charge on any atom is 0.240 e. The third-order valence-corrected chi connectivity index (χ3v) is 7.13. The molecule has 5 nitrogen and oxygen atoms in total. The Morgan fingerprint density at radius 1 is 1.00 bits per heavy atom. The van der Waals surface area contributed by atoms with Crippen molar-refractivity contribution in [2.24, 2.45) is 17.8 Å². The minimum Gasteiger partial charge on any atom is -0.335 e. The molecule has 5 heteroatoms. The molecule has 6 rings (SSSR count). The molecule has 3 amide bonds. The van der Waals surface area contributed by atoms with E-state index in [-0.39, 0.29) is 17.7 Å². The zero-order valence-corrected chi connectivity index (χ0v) is 15.1. The highest BCUT2D eigenvalue weighted by Crippen LogP contribution is 2.61. The van der Waals surface area contributed by atoms with Crippen LogP contribution in [0.15, 0.2) is 41.5 Å². The van der Waals surface area contributed by atoms with E-state index >= 15 is 0 Å². The fourth-order valence-electron chi connectivity index (χ4n) is 6.09. The first-order valence-corrected chi connectivity index (χ1v) is 9.41. The van der Waals surface area contributed by atoms with E-state index in [1.54, 1.807) is 17.0 Å². The molecule has 1 aromatic rings. The highest BCUT2D eigenvalue weighted by atomic mass is 16.2. The number of carbonyl (C=O) groups excluding carboxylic acids is 3. The van der Waals surface area contributed by atoms with Crippen LogP contribution in [0.25, 0.3) is 0 Å². The summed E-state index contributed by atoms with van der Waals surface area (Å²) in [5.74, 6) is -1.81. The molecule has 134 valence electrons. The van der Waals surface area contributed by atoms with Gasteiger partial charge in [-0.1, -0.05) is 30.2 Å². The molecule has 1 spiro atoms. The van der Waals surface area contributed by atoms with E-state index in [0.29, 0.717) is 5.69 Å². The predicted molar refractivity (Wildman–Crippen MR) is 96.1 cm³/mol.